The van der Waals surface area contributed by atoms with Crippen LogP contribution in [0, 0.1) is 0 Å². The Morgan fingerprint density at radius 3 is 1.47 bits per heavy atom. The van der Waals surface area contributed by atoms with Gasteiger partial charge in [0.25, 0.3) is 6.71 Å². The Kier molecular flexibility index (Phi) is 11.0. The van der Waals surface area contributed by atoms with Crippen LogP contribution in [0.3, 0.4) is 0 Å². The van der Waals surface area contributed by atoms with Crippen molar-refractivity contribution in [2.75, 3.05) is 14.7 Å². The second-order valence-electron chi connectivity index (χ2n) is 29.6. The molecule has 4 heterocycles. The summed E-state index contributed by atoms with van der Waals surface area (Å²) < 4.78 is 7.68. The van der Waals surface area contributed by atoms with E-state index in [1.807, 2.05) is 11.8 Å². The zero-order valence-electron chi connectivity index (χ0n) is 49.7. The smallest absolute Gasteiger partial charge is 0.297 e. The fourth-order valence-electron chi connectivity index (χ4n) is 14.0. The molecule has 2 aliphatic carbocycles. The van der Waals surface area contributed by atoms with E-state index in [0.717, 1.165) is 53.0 Å². The van der Waals surface area contributed by atoms with E-state index in [9.17, 15) is 0 Å². The van der Waals surface area contributed by atoms with Crippen LogP contribution < -0.4 is 31.3 Å². The van der Waals surface area contributed by atoms with Gasteiger partial charge in [-0.05, 0) is 192 Å². The van der Waals surface area contributed by atoms with Crippen molar-refractivity contribution in [3.05, 3.63) is 166 Å². The van der Waals surface area contributed by atoms with Gasteiger partial charge in [0.1, 0.15) is 5.58 Å². The van der Waals surface area contributed by atoms with Gasteiger partial charge in [-0.3, -0.25) is 0 Å². The number of para-hydroxylation sites is 2. The van der Waals surface area contributed by atoms with E-state index in [1.54, 1.807) is 0 Å². The molecule has 0 saturated heterocycles. The average molecular weight is 1050 g/mol. The van der Waals surface area contributed by atoms with Crippen LogP contribution in [0.15, 0.2) is 142 Å². The molecule has 8 aromatic rings. The third kappa shape index (κ3) is 7.83. The van der Waals surface area contributed by atoms with Gasteiger partial charge in [-0.1, -0.05) is 178 Å². The maximum atomic E-state index is 7.68. The number of anilines is 9. The fraction of sp³-hybridized carbons (Fsp3) is 0.389. The Morgan fingerprint density at radius 1 is 0.423 bits per heavy atom. The minimum absolute atomic E-state index is 0.0120. The normalized spacial score (nSPS) is 18.4. The lowest BCUT2D eigenvalue weighted by atomic mass is 9.35. The summed E-state index contributed by atoms with van der Waals surface area (Å²) in [5.74, 6) is 0. The van der Waals surface area contributed by atoms with E-state index in [1.165, 1.54) is 100 Å². The van der Waals surface area contributed by atoms with Gasteiger partial charge in [-0.15, -0.1) is 0 Å². The molecule has 0 unspecified atom stereocenters. The largest absolute Gasteiger partial charge is 0.468 e. The average Bonchev–Trinajstić information content (AvgIpc) is 2.17. The zero-order chi connectivity index (χ0) is 55.2. The molecular formula is C72H80BN3OS. The number of hydrogen-bond donors (Lipinski definition) is 0. The van der Waals surface area contributed by atoms with Gasteiger partial charge in [0.05, 0.1) is 28.4 Å². The van der Waals surface area contributed by atoms with E-state index >= 15 is 0 Å². The summed E-state index contributed by atoms with van der Waals surface area (Å²) in [4.78, 5) is 10.4. The summed E-state index contributed by atoms with van der Waals surface area (Å²) in [6.07, 6.45) is 4.59. The van der Waals surface area contributed by atoms with Crippen LogP contribution >= 0.6 is 11.8 Å². The molecular weight excluding hydrogens is 966 g/mol. The van der Waals surface area contributed by atoms with E-state index in [2.05, 4.69) is 260 Å². The molecule has 0 spiro atoms. The van der Waals surface area contributed by atoms with E-state index in [4.69, 9.17) is 4.42 Å². The lowest BCUT2D eigenvalue weighted by Gasteiger charge is -2.47. The molecule has 5 aliphatic rings. The Balaban J connectivity index is 1.23. The summed E-state index contributed by atoms with van der Waals surface area (Å²) >= 11 is 1.87. The van der Waals surface area contributed by atoms with Gasteiger partial charge < -0.3 is 19.1 Å². The highest BCUT2D eigenvalue weighted by Gasteiger charge is 2.50. The molecule has 1 aromatic heterocycles. The highest BCUT2D eigenvalue weighted by Crippen LogP contribution is 2.57. The molecule has 0 bridgehead atoms. The molecule has 0 radical (unpaired) electrons. The summed E-state index contributed by atoms with van der Waals surface area (Å²) in [7, 11) is 0. The van der Waals surface area contributed by atoms with Gasteiger partial charge in [-0.2, -0.15) is 0 Å². The van der Waals surface area contributed by atoms with E-state index in [0.29, 0.717) is 0 Å². The number of rotatable bonds is 3. The molecule has 3 aliphatic heterocycles. The summed E-state index contributed by atoms with van der Waals surface area (Å²) in [5, 5.41) is 1.15. The monoisotopic (exact) mass is 1050 g/mol. The van der Waals surface area contributed by atoms with E-state index in [-0.39, 0.29) is 44.6 Å². The van der Waals surface area contributed by atoms with Crippen LogP contribution in [0.5, 0.6) is 0 Å². The zero-order valence-corrected chi connectivity index (χ0v) is 50.5. The molecule has 4 nitrogen and oxygen atoms in total. The Hall–Kier alpha value is -6.11. The van der Waals surface area contributed by atoms with Crippen molar-refractivity contribution in [1.29, 1.82) is 0 Å². The second-order valence-corrected chi connectivity index (χ2v) is 30.7. The lowest BCUT2D eigenvalue weighted by Crippen LogP contribution is -2.61. The van der Waals surface area contributed by atoms with Gasteiger partial charge in [-0.25, -0.2) is 0 Å². The third-order valence-corrected chi connectivity index (χ3v) is 20.3. The van der Waals surface area contributed by atoms with Crippen molar-refractivity contribution >= 4 is 97.2 Å². The molecule has 6 heteroatoms. The number of nitrogens with zero attached hydrogens (tertiary/aromatic N) is 3. The Labute approximate surface area is 471 Å². The van der Waals surface area contributed by atoms with Gasteiger partial charge in [0.2, 0.25) is 0 Å². The molecule has 0 saturated carbocycles. The third-order valence-electron chi connectivity index (χ3n) is 19.2. The first-order valence-electron chi connectivity index (χ1n) is 29.0. The van der Waals surface area contributed by atoms with Crippen molar-refractivity contribution in [3.8, 4) is 0 Å². The molecule has 0 atom stereocenters. The molecule has 0 N–H and O–H groups in total. The molecule has 78 heavy (non-hydrogen) atoms. The van der Waals surface area contributed by atoms with Crippen LogP contribution in [0.25, 0.3) is 11.0 Å². The van der Waals surface area contributed by atoms with Crippen LogP contribution in [0.4, 0.5) is 51.2 Å². The lowest BCUT2D eigenvalue weighted by molar-refractivity contribution is 0.332. The van der Waals surface area contributed by atoms with Crippen LogP contribution in [-0.4, -0.2) is 6.71 Å². The molecule has 0 fully saturated rings. The van der Waals surface area contributed by atoms with Crippen molar-refractivity contribution in [3.63, 3.8) is 0 Å². The number of furan rings is 1. The fourth-order valence-corrected chi connectivity index (χ4v) is 15.0. The number of fused-ring (bicyclic) bond motifs is 10. The molecule has 398 valence electrons. The van der Waals surface area contributed by atoms with Crippen LogP contribution in [-0.2, 0) is 37.9 Å². The summed E-state index contributed by atoms with van der Waals surface area (Å²) in [6.45, 7) is 40.8. The van der Waals surface area contributed by atoms with Gasteiger partial charge in [0, 0.05) is 43.6 Å². The first kappa shape index (κ1) is 51.3. The summed E-state index contributed by atoms with van der Waals surface area (Å²) in [6, 6.07) is 50.5. The van der Waals surface area contributed by atoms with E-state index < -0.39 is 0 Å². The molecule has 7 aromatic carbocycles. The minimum Gasteiger partial charge on any atom is -0.468 e. The first-order chi connectivity index (χ1) is 36.5. The summed E-state index contributed by atoms with van der Waals surface area (Å²) in [5.41, 5.74) is 24.8. The predicted molar refractivity (Wildman–Crippen MR) is 336 cm³/mol. The van der Waals surface area contributed by atoms with Crippen LogP contribution in [0.1, 0.15) is 182 Å². The quantitative estimate of drug-likeness (QED) is 0.164. The van der Waals surface area contributed by atoms with Crippen LogP contribution in [0.2, 0.25) is 0 Å². The Morgan fingerprint density at radius 2 is 0.910 bits per heavy atom. The standard InChI is InChI=1S/C72H80BN3OS/c1-66(2,3)43-26-29-60-49(37-43)64-65(77-60)73-54-41-52-53(72(16,17)33-32-71(52,14)15)42-57(54)74(46-27-28-50-51(38-46)70(12,13)31-30-69(50,10)11)58-39-48(75-55-22-18-20-24-61(55)78-62-25-21-19-23-56(62)75)40-59(63(58)73)76(64)47-35-44(67(4,5)6)34-45(36-47)68(7,8)9/h18-29,34-42H,30-33H2,1-17H3. The van der Waals surface area contributed by atoms with Crippen molar-refractivity contribution in [2.24, 2.45) is 0 Å². The highest BCUT2D eigenvalue weighted by molar-refractivity contribution is 7.99. The van der Waals surface area contributed by atoms with Gasteiger partial charge in [0.15, 0.2) is 0 Å². The maximum absolute atomic E-state index is 7.68. The number of benzene rings is 7. The molecule has 0 amide bonds. The Bertz CT molecular complexity index is 3750. The number of hydrogen-bond acceptors (Lipinski definition) is 5. The first-order valence-corrected chi connectivity index (χ1v) is 29.8. The molecule has 13 rings (SSSR count). The highest BCUT2D eigenvalue weighted by atomic mass is 32.2. The minimum atomic E-state index is -0.199. The van der Waals surface area contributed by atoms with Gasteiger partial charge >= 0.3 is 0 Å². The van der Waals surface area contributed by atoms with Crippen molar-refractivity contribution in [2.45, 2.75) is 191 Å². The second kappa shape index (κ2) is 16.7. The topological polar surface area (TPSA) is 22.9 Å². The van der Waals surface area contributed by atoms with Crippen molar-refractivity contribution in [1.82, 2.24) is 0 Å². The van der Waals surface area contributed by atoms with Crippen molar-refractivity contribution < 1.29 is 4.42 Å². The predicted octanol–water partition coefficient (Wildman–Crippen LogP) is 19.0. The maximum Gasteiger partial charge on any atom is 0.297 e. The SMILES string of the molecule is CC(C)(C)c1cc(N2c3cc(N4c5ccccc5Sc5ccccc54)cc4c3B(c3cc5c(cc3N4c3ccc4c(c3)C(C)(C)CCC4(C)C)C(C)(C)CCC5(C)C)c3oc4ccc(C(C)(C)C)cc4c32)cc(C(C)(C)C)c1.